The van der Waals surface area contributed by atoms with E-state index in [4.69, 9.17) is 4.74 Å². The Hall–Kier alpha value is -1.00. The van der Waals surface area contributed by atoms with Crippen LogP contribution in [-0.4, -0.2) is 19.7 Å². The molecule has 1 aliphatic rings. The second kappa shape index (κ2) is 4.02. The van der Waals surface area contributed by atoms with Gasteiger partial charge in [0.25, 0.3) is 0 Å². The largest absolute Gasteiger partial charge is 0.371 e. The maximum Gasteiger partial charge on any atom is 0.126 e. The fourth-order valence-corrected chi connectivity index (χ4v) is 1.54. The Morgan fingerprint density at radius 3 is 2.50 bits per heavy atom. The summed E-state index contributed by atoms with van der Waals surface area (Å²) in [6.45, 7) is 1.96. The summed E-state index contributed by atoms with van der Waals surface area (Å²) in [5.74, 6) is -1.12. The Bertz CT molecular complexity index is 304. The highest BCUT2D eigenvalue weighted by molar-refractivity contribution is 5.21. The summed E-state index contributed by atoms with van der Waals surface area (Å²) >= 11 is 0. The minimum atomic E-state index is -0.561. The fraction of sp³-hybridized carbons (Fsp3) is 0.400. The highest BCUT2D eigenvalue weighted by Crippen LogP contribution is 2.20. The Labute approximate surface area is 80.9 Å². The van der Waals surface area contributed by atoms with Crippen LogP contribution in [-0.2, 0) is 4.74 Å². The molecule has 0 aromatic heterocycles. The molecular weight excluding hydrogens is 188 g/mol. The molecule has 0 bridgehead atoms. The van der Waals surface area contributed by atoms with Crippen molar-refractivity contribution in [2.75, 3.05) is 19.7 Å². The molecule has 4 heteroatoms. The van der Waals surface area contributed by atoms with E-state index >= 15 is 0 Å². The van der Waals surface area contributed by atoms with Crippen LogP contribution in [0.25, 0.3) is 0 Å². The number of ether oxygens (including phenoxy) is 1. The van der Waals surface area contributed by atoms with Gasteiger partial charge in [0.05, 0.1) is 12.7 Å². The summed E-state index contributed by atoms with van der Waals surface area (Å²) in [5.41, 5.74) is 0.551. The van der Waals surface area contributed by atoms with Crippen molar-refractivity contribution >= 4 is 0 Å². The van der Waals surface area contributed by atoms with Gasteiger partial charge >= 0.3 is 0 Å². The third-order valence-electron chi connectivity index (χ3n) is 2.18. The van der Waals surface area contributed by atoms with Crippen molar-refractivity contribution in [3.8, 4) is 0 Å². The van der Waals surface area contributed by atoms with Crippen molar-refractivity contribution in [2.24, 2.45) is 0 Å². The molecule has 1 saturated heterocycles. The molecule has 1 aromatic rings. The summed E-state index contributed by atoms with van der Waals surface area (Å²) in [5, 5.41) is 3.10. The molecule has 0 saturated carbocycles. The molecule has 0 spiro atoms. The quantitative estimate of drug-likeness (QED) is 0.742. The minimum Gasteiger partial charge on any atom is -0.371 e. The van der Waals surface area contributed by atoms with Crippen LogP contribution in [0, 0.1) is 11.6 Å². The summed E-state index contributed by atoms with van der Waals surface area (Å²) in [6.07, 6.45) is -0.242. The molecule has 1 N–H and O–H groups in total. The Morgan fingerprint density at radius 1 is 1.21 bits per heavy atom. The molecule has 2 rings (SSSR count). The maximum atomic E-state index is 12.9. The fourth-order valence-electron chi connectivity index (χ4n) is 1.54. The molecule has 1 aromatic carbocycles. The van der Waals surface area contributed by atoms with Crippen LogP contribution >= 0.6 is 0 Å². The normalized spacial score (nSPS) is 22.3. The van der Waals surface area contributed by atoms with Gasteiger partial charge < -0.3 is 10.1 Å². The van der Waals surface area contributed by atoms with Gasteiger partial charge in [-0.1, -0.05) is 0 Å². The molecule has 0 amide bonds. The van der Waals surface area contributed by atoms with Gasteiger partial charge in [-0.15, -0.1) is 0 Å². The summed E-state index contributed by atoms with van der Waals surface area (Å²) in [6, 6.07) is 3.47. The zero-order valence-electron chi connectivity index (χ0n) is 7.59. The number of benzene rings is 1. The smallest absolute Gasteiger partial charge is 0.126 e. The van der Waals surface area contributed by atoms with Crippen LogP contribution < -0.4 is 5.32 Å². The standard InChI is InChI=1S/C10H11F2NO/c11-8-3-7(4-9(12)5-8)10-6-13-1-2-14-10/h3-5,10,13H,1-2,6H2. The highest BCUT2D eigenvalue weighted by Gasteiger charge is 2.16. The second-order valence-corrected chi connectivity index (χ2v) is 3.27. The average molecular weight is 199 g/mol. The van der Waals surface area contributed by atoms with Crippen LogP contribution in [0.2, 0.25) is 0 Å². The Morgan fingerprint density at radius 2 is 1.93 bits per heavy atom. The molecule has 1 unspecified atom stereocenters. The summed E-state index contributed by atoms with van der Waals surface area (Å²) < 4.78 is 31.1. The van der Waals surface area contributed by atoms with Crippen LogP contribution in [0.3, 0.4) is 0 Å². The van der Waals surface area contributed by atoms with Crippen molar-refractivity contribution in [1.29, 1.82) is 0 Å². The van der Waals surface area contributed by atoms with Crippen molar-refractivity contribution < 1.29 is 13.5 Å². The van der Waals surface area contributed by atoms with Crippen molar-refractivity contribution in [1.82, 2.24) is 5.32 Å². The highest BCUT2D eigenvalue weighted by atomic mass is 19.1. The number of halogens is 2. The van der Waals surface area contributed by atoms with Gasteiger partial charge in [-0.2, -0.15) is 0 Å². The van der Waals surface area contributed by atoms with Gasteiger partial charge in [-0.25, -0.2) is 8.78 Å². The maximum absolute atomic E-state index is 12.9. The van der Waals surface area contributed by atoms with Gasteiger partial charge in [0.1, 0.15) is 11.6 Å². The SMILES string of the molecule is Fc1cc(F)cc(C2CNCCO2)c1. The summed E-state index contributed by atoms with van der Waals surface area (Å²) in [4.78, 5) is 0. The molecular formula is C10H11F2NO. The van der Waals surface area contributed by atoms with E-state index in [2.05, 4.69) is 5.32 Å². The molecule has 14 heavy (non-hydrogen) atoms. The van der Waals surface area contributed by atoms with E-state index in [9.17, 15) is 8.78 Å². The van der Waals surface area contributed by atoms with E-state index in [1.807, 2.05) is 0 Å². The average Bonchev–Trinajstić information content (AvgIpc) is 2.18. The number of rotatable bonds is 1. The van der Waals surface area contributed by atoms with Gasteiger partial charge in [-0.3, -0.25) is 0 Å². The van der Waals surface area contributed by atoms with Crippen LogP contribution in [0.5, 0.6) is 0 Å². The lowest BCUT2D eigenvalue weighted by molar-refractivity contribution is 0.0273. The monoisotopic (exact) mass is 199 g/mol. The van der Waals surface area contributed by atoms with E-state index in [-0.39, 0.29) is 6.10 Å². The first-order chi connectivity index (χ1) is 6.75. The Balaban J connectivity index is 2.21. The third-order valence-corrected chi connectivity index (χ3v) is 2.18. The van der Waals surface area contributed by atoms with E-state index in [0.29, 0.717) is 18.7 Å². The van der Waals surface area contributed by atoms with Gasteiger partial charge in [0.2, 0.25) is 0 Å². The van der Waals surface area contributed by atoms with Crippen LogP contribution in [0.4, 0.5) is 8.78 Å². The van der Waals surface area contributed by atoms with E-state index in [1.54, 1.807) is 0 Å². The van der Waals surface area contributed by atoms with E-state index in [1.165, 1.54) is 12.1 Å². The first-order valence-electron chi connectivity index (χ1n) is 4.54. The lowest BCUT2D eigenvalue weighted by Gasteiger charge is -2.23. The number of morpholine rings is 1. The van der Waals surface area contributed by atoms with E-state index in [0.717, 1.165) is 12.6 Å². The van der Waals surface area contributed by atoms with Crippen molar-refractivity contribution in [3.63, 3.8) is 0 Å². The number of nitrogens with one attached hydrogen (secondary N) is 1. The zero-order valence-corrected chi connectivity index (χ0v) is 7.59. The first kappa shape index (κ1) is 9.55. The predicted molar refractivity (Wildman–Crippen MR) is 47.9 cm³/mol. The topological polar surface area (TPSA) is 21.3 Å². The van der Waals surface area contributed by atoms with Crippen LogP contribution in [0.1, 0.15) is 11.7 Å². The second-order valence-electron chi connectivity index (χ2n) is 3.27. The lowest BCUT2D eigenvalue weighted by Crippen LogP contribution is -2.33. The molecule has 2 nitrogen and oxygen atoms in total. The summed E-state index contributed by atoms with van der Waals surface area (Å²) in [7, 11) is 0. The molecule has 0 aliphatic carbocycles. The Kier molecular flexibility index (Phi) is 2.74. The molecule has 76 valence electrons. The van der Waals surface area contributed by atoms with Crippen molar-refractivity contribution in [2.45, 2.75) is 6.10 Å². The number of hydrogen-bond acceptors (Lipinski definition) is 2. The minimum absolute atomic E-state index is 0.242. The zero-order chi connectivity index (χ0) is 9.97. The van der Waals surface area contributed by atoms with Crippen LogP contribution in [0.15, 0.2) is 18.2 Å². The molecule has 1 fully saturated rings. The van der Waals surface area contributed by atoms with Gasteiger partial charge in [0.15, 0.2) is 0 Å². The van der Waals surface area contributed by atoms with E-state index < -0.39 is 11.6 Å². The molecule has 1 atom stereocenters. The third kappa shape index (κ3) is 2.08. The molecule has 0 radical (unpaired) electrons. The number of hydrogen-bond donors (Lipinski definition) is 1. The molecule has 1 aliphatic heterocycles. The van der Waals surface area contributed by atoms with Gasteiger partial charge in [-0.05, 0) is 17.7 Å². The first-order valence-corrected chi connectivity index (χ1v) is 4.54. The molecule has 1 heterocycles. The van der Waals surface area contributed by atoms with Gasteiger partial charge in [0, 0.05) is 19.2 Å². The lowest BCUT2D eigenvalue weighted by atomic mass is 10.1. The predicted octanol–water partition coefficient (Wildman–Crippen LogP) is 1.63. The van der Waals surface area contributed by atoms with Crippen molar-refractivity contribution in [3.05, 3.63) is 35.4 Å².